The molecule has 25 heavy (non-hydrogen) atoms. The second-order valence-corrected chi connectivity index (χ2v) is 6.41. The van der Waals surface area contributed by atoms with E-state index in [2.05, 4.69) is 15.7 Å². The summed E-state index contributed by atoms with van der Waals surface area (Å²) in [6.45, 7) is 2.31. The van der Waals surface area contributed by atoms with Crippen molar-refractivity contribution in [1.82, 2.24) is 9.78 Å². The summed E-state index contributed by atoms with van der Waals surface area (Å²) in [5.41, 5.74) is 1.88. The second kappa shape index (κ2) is 7.14. The molecule has 1 atom stereocenters. The van der Waals surface area contributed by atoms with Crippen LogP contribution in [-0.4, -0.2) is 35.1 Å². The minimum Gasteiger partial charge on any atom is -0.488 e. The van der Waals surface area contributed by atoms with E-state index in [1.165, 1.54) is 12.1 Å². The van der Waals surface area contributed by atoms with Crippen molar-refractivity contribution in [3.05, 3.63) is 36.0 Å². The molecule has 2 aliphatic heterocycles. The molecule has 0 bridgehead atoms. The fourth-order valence-corrected chi connectivity index (χ4v) is 3.17. The predicted molar refractivity (Wildman–Crippen MR) is 94.1 cm³/mol. The van der Waals surface area contributed by atoms with Crippen LogP contribution in [0.4, 0.5) is 16.3 Å². The monoisotopic (exact) mass is 342 g/mol. The first-order valence-electron chi connectivity index (χ1n) is 8.75. The third-order valence-corrected chi connectivity index (χ3v) is 4.46. The van der Waals surface area contributed by atoms with E-state index >= 15 is 0 Å². The molecule has 2 amide bonds. The van der Waals surface area contributed by atoms with Gasteiger partial charge in [0.25, 0.3) is 0 Å². The van der Waals surface area contributed by atoms with Crippen LogP contribution in [0.1, 0.15) is 25.0 Å². The number of nitrogens with zero attached hydrogens (tertiary/aromatic N) is 2. The zero-order valence-electron chi connectivity index (χ0n) is 14.0. The maximum absolute atomic E-state index is 12.1. The van der Waals surface area contributed by atoms with Crippen LogP contribution in [0.25, 0.3) is 0 Å². The molecule has 2 aliphatic rings. The molecular weight excluding hydrogens is 320 g/mol. The van der Waals surface area contributed by atoms with Gasteiger partial charge in [0.1, 0.15) is 11.9 Å². The summed E-state index contributed by atoms with van der Waals surface area (Å²) in [7, 11) is 0. The van der Waals surface area contributed by atoms with Crippen molar-refractivity contribution in [2.24, 2.45) is 0 Å². The van der Waals surface area contributed by atoms with E-state index < -0.39 is 0 Å². The molecule has 7 nitrogen and oxygen atoms in total. The van der Waals surface area contributed by atoms with Gasteiger partial charge in [0.2, 0.25) is 0 Å². The summed E-state index contributed by atoms with van der Waals surface area (Å²) in [6, 6.07) is 8.99. The van der Waals surface area contributed by atoms with Gasteiger partial charge in [-0.1, -0.05) is 0 Å². The Bertz CT molecular complexity index is 712. The maximum atomic E-state index is 12.1. The number of carbonyl (C=O) groups is 1. The van der Waals surface area contributed by atoms with E-state index in [-0.39, 0.29) is 12.1 Å². The highest BCUT2D eigenvalue weighted by atomic mass is 16.5. The lowest BCUT2D eigenvalue weighted by molar-refractivity contribution is 0.141. The van der Waals surface area contributed by atoms with Crippen LogP contribution < -0.4 is 15.4 Å². The number of urea groups is 1. The van der Waals surface area contributed by atoms with Gasteiger partial charge >= 0.3 is 6.03 Å². The third-order valence-electron chi connectivity index (χ3n) is 4.46. The number of benzene rings is 1. The summed E-state index contributed by atoms with van der Waals surface area (Å²) in [6.07, 6.45) is 4.37. The first-order chi connectivity index (χ1) is 12.3. The van der Waals surface area contributed by atoms with E-state index in [0.717, 1.165) is 38.2 Å². The van der Waals surface area contributed by atoms with E-state index in [0.29, 0.717) is 18.1 Å². The van der Waals surface area contributed by atoms with Gasteiger partial charge in [-0.05, 0) is 43.5 Å². The van der Waals surface area contributed by atoms with Crippen LogP contribution in [0.3, 0.4) is 0 Å². The number of carbonyl (C=O) groups excluding carboxylic acids is 1. The van der Waals surface area contributed by atoms with Gasteiger partial charge in [0, 0.05) is 30.4 Å². The van der Waals surface area contributed by atoms with Gasteiger partial charge in [-0.15, -0.1) is 0 Å². The number of anilines is 2. The Labute approximate surface area is 146 Å². The molecule has 1 saturated heterocycles. The minimum absolute atomic E-state index is 0.119. The van der Waals surface area contributed by atoms with Crippen molar-refractivity contribution in [3.8, 4) is 5.75 Å². The van der Waals surface area contributed by atoms with Gasteiger partial charge in [0.05, 0.1) is 13.2 Å². The molecule has 1 aromatic carbocycles. The Hall–Kier alpha value is -2.54. The predicted octanol–water partition coefficient (Wildman–Crippen LogP) is 3.03. The number of rotatable bonds is 4. The zero-order chi connectivity index (χ0) is 17.1. The Kier molecular flexibility index (Phi) is 4.56. The van der Waals surface area contributed by atoms with Crippen LogP contribution in [0.15, 0.2) is 30.3 Å². The van der Waals surface area contributed by atoms with Crippen LogP contribution in [-0.2, 0) is 17.7 Å². The Morgan fingerprint density at radius 2 is 2.12 bits per heavy atom. The topological polar surface area (TPSA) is 77.4 Å². The molecule has 7 heteroatoms. The molecule has 4 rings (SSSR count). The molecule has 1 aromatic heterocycles. The highest BCUT2D eigenvalue weighted by molar-refractivity contribution is 5.99. The Balaban J connectivity index is 1.31. The molecule has 0 spiro atoms. The van der Waals surface area contributed by atoms with E-state index in [1.54, 1.807) is 0 Å². The molecule has 2 N–H and O–H groups in total. The standard InChI is InChI=1S/C18H22N4O3/c23-18(20-17-11-14-3-1-2-9-22(14)21-17)19-13-4-6-15(7-5-13)25-16-8-10-24-12-16/h4-7,11,16H,1-3,8-10,12H2,(H2,19,20,21,23)/t16-/m0/s1. The van der Waals surface area contributed by atoms with Crippen molar-refractivity contribution in [2.45, 2.75) is 38.3 Å². The average molecular weight is 342 g/mol. The first-order valence-corrected chi connectivity index (χ1v) is 8.75. The fraction of sp³-hybridized carbons (Fsp3) is 0.444. The van der Waals surface area contributed by atoms with Gasteiger partial charge < -0.3 is 14.8 Å². The number of fused-ring (bicyclic) bond motifs is 1. The molecule has 2 aromatic rings. The Morgan fingerprint density at radius 3 is 2.88 bits per heavy atom. The van der Waals surface area contributed by atoms with Gasteiger partial charge in [-0.3, -0.25) is 10.00 Å². The number of hydrogen-bond acceptors (Lipinski definition) is 4. The summed E-state index contributed by atoms with van der Waals surface area (Å²) < 4.78 is 13.1. The Morgan fingerprint density at radius 1 is 1.24 bits per heavy atom. The number of aromatic nitrogens is 2. The second-order valence-electron chi connectivity index (χ2n) is 6.41. The summed E-state index contributed by atoms with van der Waals surface area (Å²) in [4.78, 5) is 12.1. The van der Waals surface area contributed by atoms with Crippen LogP contribution >= 0.6 is 0 Å². The summed E-state index contributed by atoms with van der Waals surface area (Å²) >= 11 is 0. The lowest BCUT2D eigenvalue weighted by Gasteiger charge is -2.12. The lowest BCUT2D eigenvalue weighted by Crippen LogP contribution is -2.20. The van der Waals surface area contributed by atoms with E-state index in [9.17, 15) is 4.79 Å². The molecular formula is C18H22N4O3. The maximum Gasteiger partial charge on any atom is 0.324 e. The fourth-order valence-electron chi connectivity index (χ4n) is 3.17. The highest BCUT2D eigenvalue weighted by Gasteiger charge is 2.17. The number of ether oxygens (including phenoxy) is 2. The van der Waals surface area contributed by atoms with E-state index in [4.69, 9.17) is 9.47 Å². The van der Waals surface area contributed by atoms with Crippen LogP contribution in [0.5, 0.6) is 5.75 Å². The minimum atomic E-state index is -0.298. The lowest BCUT2D eigenvalue weighted by atomic mass is 10.1. The highest BCUT2D eigenvalue weighted by Crippen LogP contribution is 2.21. The number of hydrogen-bond donors (Lipinski definition) is 2. The quantitative estimate of drug-likeness (QED) is 0.895. The largest absolute Gasteiger partial charge is 0.488 e. The average Bonchev–Trinajstić information content (AvgIpc) is 3.25. The summed E-state index contributed by atoms with van der Waals surface area (Å²) in [5, 5.41) is 10.0. The van der Waals surface area contributed by atoms with Crippen LogP contribution in [0.2, 0.25) is 0 Å². The molecule has 0 unspecified atom stereocenters. The molecule has 0 saturated carbocycles. The van der Waals surface area contributed by atoms with Crippen molar-refractivity contribution in [2.75, 3.05) is 23.8 Å². The molecule has 3 heterocycles. The van der Waals surface area contributed by atoms with Crippen molar-refractivity contribution in [1.29, 1.82) is 0 Å². The molecule has 1 fully saturated rings. The zero-order valence-corrected chi connectivity index (χ0v) is 14.0. The summed E-state index contributed by atoms with van der Waals surface area (Å²) in [5.74, 6) is 1.37. The van der Waals surface area contributed by atoms with Crippen molar-refractivity contribution in [3.63, 3.8) is 0 Å². The number of aryl methyl sites for hydroxylation is 2. The normalized spacial score (nSPS) is 19.3. The van der Waals surface area contributed by atoms with Crippen molar-refractivity contribution >= 4 is 17.5 Å². The first kappa shape index (κ1) is 16.0. The molecule has 0 radical (unpaired) electrons. The van der Waals surface area contributed by atoms with Gasteiger partial charge in [0.15, 0.2) is 5.82 Å². The SMILES string of the molecule is O=C(Nc1ccc(O[C@H]2CCOC2)cc1)Nc1cc2n(n1)CCCC2. The van der Waals surface area contributed by atoms with Gasteiger partial charge in [-0.2, -0.15) is 5.10 Å². The van der Waals surface area contributed by atoms with Crippen LogP contribution in [0, 0.1) is 0 Å². The van der Waals surface area contributed by atoms with E-state index in [1.807, 2.05) is 35.0 Å². The van der Waals surface area contributed by atoms with Crippen molar-refractivity contribution < 1.29 is 14.3 Å². The molecule has 132 valence electrons. The smallest absolute Gasteiger partial charge is 0.324 e. The number of amides is 2. The van der Waals surface area contributed by atoms with Gasteiger partial charge in [-0.25, -0.2) is 4.79 Å². The molecule has 0 aliphatic carbocycles. The third kappa shape index (κ3) is 3.93. The number of nitrogens with one attached hydrogen (secondary N) is 2.